The van der Waals surface area contributed by atoms with Crippen molar-refractivity contribution in [1.29, 1.82) is 0 Å². The molecule has 15 heavy (non-hydrogen) atoms. The lowest BCUT2D eigenvalue weighted by Crippen LogP contribution is -2.39. The monoisotopic (exact) mass is 205 g/mol. The molecule has 1 N–H and O–H groups in total. The highest BCUT2D eigenvalue weighted by atomic mass is 16.3. The predicted octanol–water partition coefficient (Wildman–Crippen LogP) is 1.78. The first-order valence-corrected chi connectivity index (χ1v) is 5.58. The van der Waals surface area contributed by atoms with Gasteiger partial charge in [0.15, 0.2) is 0 Å². The largest absolute Gasteiger partial charge is 0.392 e. The third-order valence-corrected chi connectivity index (χ3v) is 3.16. The van der Waals surface area contributed by atoms with Gasteiger partial charge in [-0.1, -0.05) is 29.8 Å². The van der Waals surface area contributed by atoms with Gasteiger partial charge in [-0.3, -0.25) is 0 Å². The van der Waals surface area contributed by atoms with Crippen molar-refractivity contribution in [3.8, 4) is 0 Å². The highest BCUT2D eigenvalue weighted by Gasteiger charge is 2.24. The first-order valence-electron chi connectivity index (χ1n) is 5.58. The molecular weight excluding hydrogens is 186 g/mol. The standard InChI is InChI=1S/C13H19NO/c1-10-3-5-11(6-4-10)12-7-13(15)9-14(2)8-12/h3-6,12-13,15H,7-9H2,1-2H3. The molecule has 0 aromatic heterocycles. The van der Waals surface area contributed by atoms with Gasteiger partial charge in [0.25, 0.3) is 0 Å². The maximum atomic E-state index is 9.72. The molecule has 0 aliphatic carbocycles. The van der Waals surface area contributed by atoms with Crippen LogP contribution in [0.4, 0.5) is 0 Å². The van der Waals surface area contributed by atoms with Crippen molar-refractivity contribution in [2.24, 2.45) is 0 Å². The van der Waals surface area contributed by atoms with E-state index >= 15 is 0 Å². The quantitative estimate of drug-likeness (QED) is 0.755. The summed E-state index contributed by atoms with van der Waals surface area (Å²) in [6, 6.07) is 8.67. The van der Waals surface area contributed by atoms with E-state index in [2.05, 4.69) is 43.1 Å². The summed E-state index contributed by atoms with van der Waals surface area (Å²) < 4.78 is 0. The zero-order valence-electron chi connectivity index (χ0n) is 9.48. The summed E-state index contributed by atoms with van der Waals surface area (Å²) in [5, 5.41) is 9.72. The van der Waals surface area contributed by atoms with Crippen LogP contribution in [0.15, 0.2) is 24.3 Å². The van der Waals surface area contributed by atoms with Crippen LogP contribution in [0.25, 0.3) is 0 Å². The average Bonchev–Trinajstić information content (AvgIpc) is 2.17. The third-order valence-electron chi connectivity index (χ3n) is 3.16. The van der Waals surface area contributed by atoms with Gasteiger partial charge >= 0.3 is 0 Å². The molecule has 0 spiro atoms. The summed E-state index contributed by atoms with van der Waals surface area (Å²) in [6.45, 7) is 3.97. The van der Waals surface area contributed by atoms with Gasteiger partial charge in [-0.2, -0.15) is 0 Å². The lowest BCUT2D eigenvalue weighted by Gasteiger charge is -2.33. The molecule has 0 amide bonds. The Morgan fingerprint density at radius 3 is 2.47 bits per heavy atom. The highest BCUT2D eigenvalue weighted by Crippen LogP contribution is 2.26. The Morgan fingerprint density at radius 1 is 1.20 bits per heavy atom. The molecule has 1 saturated heterocycles. The average molecular weight is 205 g/mol. The number of rotatable bonds is 1. The van der Waals surface area contributed by atoms with E-state index in [0.29, 0.717) is 5.92 Å². The Hall–Kier alpha value is -0.860. The van der Waals surface area contributed by atoms with Crippen LogP contribution >= 0.6 is 0 Å². The number of piperidine rings is 1. The summed E-state index contributed by atoms with van der Waals surface area (Å²) in [7, 11) is 2.07. The lowest BCUT2D eigenvalue weighted by atomic mass is 9.89. The third kappa shape index (κ3) is 2.58. The smallest absolute Gasteiger partial charge is 0.0673 e. The van der Waals surface area contributed by atoms with E-state index in [-0.39, 0.29) is 6.10 Å². The highest BCUT2D eigenvalue weighted by molar-refractivity contribution is 5.25. The molecule has 2 nitrogen and oxygen atoms in total. The summed E-state index contributed by atoms with van der Waals surface area (Å²) in [5.41, 5.74) is 2.65. The SMILES string of the molecule is Cc1ccc(C2CC(O)CN(C)C2)cc1. The van der Waals surface area contributed by atoms with Crippen molar-refractivity contribution in [2.45, 2.75) is 25.4 Å². The van der Waals surface area contributed by atoms with Crippen molar-refractivity contribution in [2.75, 3.05) is 20.1 Å². The van der Waals surface area contributed by atoms with Crippen molar-refractivity contribution in [3.05, 3.63) is 35.4 Å². The minimum absolute atomic E-state index is 0.171. The second-order valence-electron chi connectivity index (χ2n) is 4.72. The van der Waals surface area contributed by atoms with Crippen LogP contribution < -0.4 is 0 Å². The van der Waals surface area contributed by atoms with Crippen LogP contribution in [0.1, 0.15) is 23.5 Å². The lowest BCUT2D eigenvalue weighted by molar-refractivity contribution is 0.0725. The maximum Gasteiger partial charge on any atom is 0.0673 e. The number of hydrogen-bond donors (Lipinski definition) is 1. The molecule has 1 aliphatic rings. The first-order chi connectivity index (χ1) is 7.15. The molecule has 2 rings (SSSR count). The van der Waals surface area contributed by atoms with E-state index in [1.807, 2.05) is 0 Å². The number of hydrogen-bond acceptors (Lipinski definition) is 2. The minimum Gasteiger partial charge on any atom is -0.392 e. The minimum atomic E-state index is -0.171. The Labute approximate surface area is 91.5 Å². The van der Waals surface area contributed by atoms with E-state index in [9.17, 15) is 5.11 Å². The molecule has 1 aliphatic heterocycles. The van der Waals surface area contributed by atoms with Crippen molar-refractivity contribution in [3.63, 3.8) is 0 Å². The number of nitrogens with zero attached hydrogens (tertiary/aromatic N) is 1. The Bertz CT molecular complexity index is 310. The molecule has 2 unspecified atom stereocenters. The Balaban J connectivity index is 2.12. The van der Waals surface area contributed by atoms with Gasteiger partial charge in [-0.25, -0.2) is 0 Å². The molecule has 1 fully saturated rings. The zero-order chi connectivity index (χ0) is 10.8. The van der Waals surface area contributed by atoms with E-state index in [0.717, 1.165) is 19.5 Å². The molecule has 0 radical (unpaired) electrons. The fraction of sp³-hybridized carbons (Fsp3) is 0.538. The van der Waals surface area contributed by atoms with Crippen LogP contribution in [0.2, 0.25) is 0 Å². The molecular formula is C13H19NO. The molecule has 2 atom stereocenters. The first kappa shape index (κ1) is 10.7. The van der Waals surface area contributed by atoms with Crippen LogP contribution in [0.3, 0.4) is 0 Å². The second-order valence-corrected chi connectivity index (χ2v) is 4.72. The molecule has 0 bridgehead atoms. The van der Waals surface area contributed by atoms with Crippen LogP contribution in [-0.4, -0.2) is 36.2 Å². The number of likely N-dealkylation sites (N-methyl/N-ethyl adjacent to an activating group) is 1. The summed E-state index contributed by atoms with van der Waals surface area (Å²) in [4.78, 5) is 2.21. The number of likely N-dealkylation sites (tertiary alicyclic amines) is 1. The molecule has 82 valence electrons. The summed E-state index contributed by atoms with van der Waals surface area (Å²) in [5.74, 6) is 0.486. The van der Waals surface area contributed by atoms with Gasteiger partial charge in [-0.15, -0.1) is 0 Å². The predicted molar refractivity (Wildman–Crippen MR) is 62.0 cm³/mol. The number of aliphatic hydroxyl groups excluding tert-OH is 1. The van der Waals surface area contributed by atoms with Crippen LogP contribution in [-0.2, 0) is 0 Å². The Morgan fingerprint density at radius 2 is 1.87 bits per heavy atom. The number of aliphatic hydroxyl groups is 1. The van der Waals surface area contributed by atoms with Gasteiger partial charge in [-0.05, 0) is 31.9 Å². The van der Waals surface area contributed by atoms with E-state index in [4.69, 9.17) is 0 Å². The Kier molecular flexibility index (Phi) is 3.08. The fourth-order valence-corrected chi connectivity index (χ4v) is 2.37. The van der Waals surface area contributed by atoms with Gasteiger partial charge in [0.1, 0.15) is 0 Å². The maximum absolute atomic E-state index is 9.72. The topological polar surface area (TPSA) is 23.5 Å². The number of benzene rings is 1. The summed E-state index contributed by atoms with van der Waals surface area (Å²) in [6.07, 6.45) is 0.725. The number of aryl methyl sites for hydroxylation is 1. The van der Waals surface area contributed by atoms with Gasteiger partial charge in [0.2, 0.25) is 0 Å². The fourth-order valence-electron chi connectivity index (χ4n) is 2.37. The van der Waals surface area contributed by atoms with E-state index < -0.39 is 0 Å². The van der Waals surface area contributed by atoms with Gasteiger partial charge in [0, 0.05) is 13.1 Å². The molecule has 1 heterocycles. The van der Waals surface area contributed by atoms with Gasteiger partial charge in [0.05, 0.1) is 6.10 Å². The van der Waals surface area contributed by atoms with Crippen LogP contribution in [0.5, 0.6) is 0 Å². The van der Waals surface area contributed by atoms with Crippen LogP contribution in [0, 0.1) is 6.92 Å². The van der Waals surface area contributed by atoms with Crippen molar-refractivity contribution in [1.82, 2.24) is 4.90 Å². The molecule has 2 heteroatoms. The summed E-state index contributed by atoms with van der Waals surface area (Å²) >= 11 is 0. The van der Waals surface area contributed by atoms with Crippen molar-refractivity contribution >= 4 is 0 Å². The molecule has 1 aromatic rings. The normalized spacial score (nSPS) is 27.9. The second kappa shape index (κ2) is 4.33. The van der Waals surface area contributed by atoms with E-state index in [1.54, 1.807) is 0 Å². The van der Waals surface area contributed by atoms with E-state index in [1.165, 1.54) is 11.1 Å². The molecule has 1 aromatic carbocycles. The van der Waals surface area contributed by atoms with Gasteiger partial charge < -0.3 is 10.0 Å². The number of β-amino-alcohol motifs (C(OH)–C–C–N with tert-alkyl or cyclic N) is 1. The zero-order valence-corrected chi connectivity index (χ0v) is 9.48. The van der Waals surface area contributed by atoms with Crippen molar-refractivity contribution < 1.29 is 5.11 Å². The molecule has 0 saturated carbocycles.